The van der Waals surface area contributed by atoms with Gasteiger partial charge in [-0.25, -0.2) is 4.98 Å². The molecule has 0 aliphatic heterocycles. The molecule has 0 aliphatic carbocycles. The second kappa shape index (κ2) is 6.53. The van der Waals surface area contributed by atoms with Crippen LogP contribution in [0.2, 0.25) is 0 Å². The molecule has 1 rings (SSSR count). The van der Waals surface area contributed by atoms with Crippen molar-refractivity contribution in [3.8, 4) is 0 Å². The first-order valence-corrected chi connectivity index (χ1v) is 5.84. The molecular formula is C10H16N2O2S. The van der Waals surface area contributed by atoms with E-state index in [9.17, 15) is 4.79 Å². The minimum Gasteiger partial charge on any atom is -0.469 e. The second-order valence-electron chi connectivity index (χ2n) is 3.23. The standard InChI is InChI=1S/C10H16N2O2S/c1-14-10(13)6-8-7-15-9(12-8)4-2-3-5-11/h7H,2-6,11H2,1H3. The Morgan fingerprint density at radius 1 is 1.60 bits per heavy atom. The average molecular weight is 228 g/mol. The maximum Gasteiger partial charge on any atom is 0.311 e. The van der Waals surface area contributed by atoms with E-state index in [-0.39, 0.29) is 12.4 Å². The van der Waals surface area contributed by atoms with E-state index in [1.54, 1.807) is 11.3 Å². The molecule has 0 saturated heterocycles. The van der Waals surface area contributed by atoms with Crippen LogP contribution in [0.3, 0.4) is 0 Å². The molecule has 2 N–H and O–H groups in total. The van der Waals surface area contributed by atoms with Crippen molar-refractivity contribution in [2.45, 2.75) is 25.7 Å². The summed E-state index contributed by atoms with van der Waals surface area (Å²) in [5.41, 5.74) is 6.20. The maximum atomic E-state index is 11.0. The van der Waals surface area contributed by atoms with Crippen LogP contribution >= 0.6 is 11.3 Å². The Morgan fingerprint density at radius 3 is 3.07 bits per heavy atom. The van der Waals surface area contributed by atoms with Gasteiger partial charge in [-0.1, -0.05) is 0 Å². The predicted molar refractivity (Wildman–Crippen MR) is 59.8 cm³/mol. The minimum absolute atomic E-state index is 0.242. The number of thiazole rings is 1. The van der Waals surface area contributed by atoms with Gasteiger partial charge < -0.3 is 10.5 Å². The first kappa shape index (κ1) is 12.1. The van der Waals surface area contributed by atoms with Crippen molar-refractivity contribution in [3.63, 3.8) is 0 Å². The third-order valence-corrected chi connectivity index (χ3v) is 2.95. The molecule has 0 aromatic carbocycles. The van der Waals surface area contributed by atoms with E-state index in [2.05, 4.69) is 9.72 Å². The number of carbonyl (C=O) groups excluding carboxylic acids is 1. The average Bonchev–Trinajstić information content (AvgIpc) is 2.66. The van der Waals surface area contributed by atoms with Crippen LogP contribution in [-0.4, -0.2) is 24.6 Å². The van der Waals surface area contributed by atoms with Gasteiger partial charge in [0.1, 0.15) is 0 Å². The number of hydrogen-bond acceptors (Lipinski definition) is 5. The molecule has 0 amide bonds. The summed E-state index contributed by atoms with van der Waals surface area (Å²) in [6.45, 7) is 0.723. The zero-order chi connectivity index (χ0) is 11.1. The first-order chi connectivity index (χ1) is 7.26. The van der Waals surface area contributed by atoms with Crippen LogP contribution in [0.4, 0.5) is 0 Å². The number of ether oxygens (including phenoxy) is 1. The zero-order valence-corrected chi connectivity index (χ0v) is 9.68. The topological polar surface area (TPSA) is 65.2 Å². The Labute approximate surface area is 93.5 Å². The highest BCUT2D eigenvalue weighted by molar-refractivity contribution is 7.09. The van der Waals surface area contributed by atoms with Gasteiger partial charge in [0.15, 0.2) is 0 Å². The molecule has 1 aromatic heterocycles. The molecule has 0 unspecified atom stereocenters. The lowest BCUT2D eigenvalue weighted by Gasteiger charge is -1.95. The number of carbonyl (C=O) groups is 1. The highest BCUT2D eigenvalue weighted by Gasteiger charge is 2.07. The van der Waals surface area contributed by atoms with Gasteiger partial charge in [0.05, 0.1) is 24.2 Å². The Bertz CT molecular complexity index is 312. The van der Waals surface area contributed by atoms with Crippen molar-refractivity contribution >= 4 is 17.3 Å². The normalized spacial score (nSPS) is 10.3. The Balaban J connectivity index is 2.38. The number of unbranched alkanes of at least 4 members (excludes halogenated alkanes) is 1. The van der Waals surface area contributed by atoms with Gasteiger partial charge in [0.2, 0.25) is 0 Å². The molecule has 0 fully saturated rings. The number of esters is 1. The van der Waals surface area contributed by atoms with Gasteiger partial charge in [0, 0.05) is 5.38 Å². The summed E-state index contributed by atoms with van der Waals surface area (Å²) in [6.07, 6.45) is 3.29. The highest BCUT2D eigenvalue weighted by atomic mass is 32.1. The maximum absolute atomic E-state index is 11.0. The molecule has 0 radical (unpaired) electrons. The Morgan fingerprint density at radius 2 is 2.40 bits per heavy atom. The van der Waals surface area contributed by atoms with Crippen molar-refractivity contribution in [2.75, 3.05) is 13.7 Å². The smallest absolute Gasteiger partial charge is 0.311 e. The van der Waals surface area contributed by atoms with E-state index in [4.69, 9.17) is 5.73 Å². The van der Waals surface area contributed by atoms with Gasteiger partial charge in [-0.2, -0.15) is 0 Å². The SMILES string of the molecule is COC(=O)Cc1csc(CCCCN)n1. The molecular weight excluding hydrogens is 212 g/mol. The van der Waals surface area contributed by atoms with Gasteiger partial charge in [-0.15, -0.1) is 11.3 Å². The van der Waals surface area contributed by atoms with Crippen LogP contribution in [0, 0.1) is 0 Å². The summed E-state index contributed by atoms with van der Waals surface area (Å²) >= 11 is 1.59. The zero-order valence-electron chi connectivity index (χ0n) is 8.86. The fourth-order valence-corrected chi connectivity index (χ4v) is 2.03. The molecule has 5 heteroatoms. The first-order valence-electron chi connectivity index (χ1n) is 4.96. The van der Waals surface area contributed by atoms with Crippen molar-refractivity contribution in [2.24, 2.45) is 5.73 Å². The van der Waals surface area contributed by atoms with Crippen molar-refractivity contribution in [1.29, 1.82) is 0 Å². The van der Waals surface area contributed by atoms with Gasteiger partial charge in [0.25, 0.3) is 0 Å². The Hall–Kier alpha value is -0.940. The lowest BCUT2D eigenvalue weighted by molar-refractivity contribution is -0.139. The molecule has 4 nitrogen and oxygen atoms in total. The van der Waals surface area contributed by atoms with Crippen LogP contribution in [0.15, 0.2) is 5.38 Å². The molecule has 1 heterocycles. The number of rotatable bonds is 6. The van der Waals surface area contributed by atoms with Gasteiger partial charge in [-0.3, -0.25) is 4.79 Å². The number of nitrogens with two attached hydrogens (primary N) is 1. The van der Waals surface area contributed by atoms with Gasteiger partial charge >= 0.3 is 5.97 Å². The van der Waals surface area contributed by atoms with E-state index in [1.807, 2.05) is 5.38 Å². The number of aromatic nitrogens is 1. The number of methoxy groups -OCH3 is 1. The lowest BCUT2D eigenvalue weighted by Crippen LogP contribution is -2.04. The third kappa shape index (κ3) is 4.40. The van der Waals surface area contributed by atoms with Gasteiger partial charge in [-0.05, 0) is 25.8 Å². The molecule has 0 spiro atoms. The summed E-state index contributed by atoms with van der Waals surface area (Å²) in [4.78, 5) is 15.3. The molecule has 84 valence electrons. The van der Waals surface area contributed by atoms with Crippen LogP contribution in [-0.2, 0) is 22.4 Å². The van der Waals surface area contributed by atoms with E-state index in [0.717, 1.165) is 36.5 Å². The largest absolute Gasteiger partial charge is 0.469 e. The summed E-state index contributed by atoms with van der Waals surface area (Å²) in [5.74, 6) is -0.242. The molecule has 15 heavy (non-hydrogen) atoms. The summed E-state index contributed by atoms with van der Waals surface area (Å²) in [5, 5.41) is 2.98. The molecule has 0 aliphatic rings. The van der Waals surface area contributed by atoms with Crippen molar-refractivity contribution < 1.29 is 9.53 Å². The lowest BCUT2D eigenvalue weighted by atomic mass is 10.2. The molecule has 0 bridgehead atoms. The summed E-state index contributed by atoms with van der Waals surface area (Å²) in [6, 6.07) is 0. The minimum atomic E-state index is -0.242. The predicted octanol–water partition coefficient (Wildman–Crippen LogP) is 1.14. The van der Waals surface area contributed by atoms with Crippen molar-refractivity contribution in [1.82, 2.24) is 4.98 Å². The number of hydrogen-bond donors (Lipinski definition) is 1. The molecule has 0 atom stereocenters. The third-order valence-electron chi connectivity index (χ3n) is 2.00. The second-order valence-corrected chi connectivity index (χ2v) is 4.17. The van der Waals surface area contributed by atoms with Crippen LogP contribution in [0.5, 0.6) is 0 Å². The van der Waals surface area contributed by atoms with Crippen LogP contribution in [0.1, 0.15) is 23.5 Å². The quantitative estimate of drug-likeness (QED) is 0.585. The highest BCUT2D eigenvalue weighted by Crippen LogP contribution is 2.13. The van der Waals surface area contributed by atoms with E-state index in [1.165, 1.54) is 7.11 Å². The molecule has 1 aromatic rings. The van der Waals surface area contributed by atoms with Crippen LogP contribution < -0.4 is 5.73 Å². The monoisotopic (exact) mass is 228 g/mol. The fourth-order valence-electron chi connectivity index (χ4n) is 1.19. The number of aryl methyl sites for hydroxylation is 1. The van der Waals surface area contributed by atoms with E-state index in [0.29, 0.717) is 0 Å². The van der Waals surface area contributed by atoms with Crippen molar-refractivity contribution in [3.05, 3.63) is 16.1 Å². The summed E-state index contributed by atoms with van der Waals surface area (Å²) < 4.78 is 4.57. The summed E-state index contributed by atoms with van der Waals surface area (Å²) in [7, 11) is 1.39. The van der Waals surface area contributed by atoms with E-state index >= 15 is 0 Å². The van der Waals surface area contributed by atoms with E-state index < -0.39 is 0 Å². The number of nitrogens with zero attached hydrogens (tertiary/aromatic N) is 1. The Kier molecular flexibility index (Phi) is 5.28. The fraction of sp³-hybridized carbons (Fsp3) is 0.600. The van der Waals surface area contributed by atoms with Crippen LogP contribution in [0.25, 0.3) is 0 Å². The molecule has 0 saturated carbocycles.